The zero-order chi connectivity index (χ0) is 18.6. The Morgan fingerprint density at radius 3 is 2.67 bits per heavy atom. The third-order valence-corrected chi connectivity index (χ3v) is 5.24. The number of nitrogens with one attached hydrogen (secondary N) is 1. The summed E-state index contributed by atoms with van der Waals surface area (Å²) in [4.78, 5) is 4.35. The minimum absolute atomic E-state index is 0.0863. The van der Waals surface area contributed by atoms with Gasteiger partial charge in [-0.3, -0.25) is 9.67 Å². The van der Waals surface area contributed by atoms with Gasteiger partial charge in [-0.15, -0.1) is 0 Å². The van der Waals surface area contributed by atoms with Crippen molar-refractivity contribution >= 4 is 11.6 Å². The molecular weight excluding hydrogens is 360 g/mol. The molecule has 140 valence electrons. The van der Waals surface area contributed by atoms with E-state index in [-0.39, 0.29) is 6.10 Å². The van der Waals surface area contributed by atoms with Gasteiger partial charge in [-0.25, -0.2) is 0 Å². The lowest BCUT2D eigenvalue weighted by molar-refractivity contribution is 0.226. The Morgan fingerprint density at radius 1 is 1.11 bits per heavy atom. The smallest absolute Gasteiger partial charge is 0.139 e. The quantitative estimate of drug-likeness (QED) is 0.697. The van der Waals surface area contributed by atoms with Crippen LogP contribution in [0.3, 0.4) is 0 Å². The van der Waals surface area contributed by atoms with E-state index in [1.165, 1.54) is 0 Å². The molecule has 1 saturated heterocycles. The fourth-order valence-electron chi connectivity index (χ4n) is 3.41. The second-order valence-corrected chi connectivity index (χ2v) is 7.35. The summed E-state index contributed by atoms with van der Waals surface area (Å²) in [6.45, 7) is 4.12. The molecule has 1 fully saturated rings. The van der Waals surface area contributed by atoms with Gasteiger partial charge in [0.25, 0.3) is 0 Å². The van der Waals surface area contributed by atoms with Crippen LogP contribution in [0.5, 0.6) is 5.75 Å². The van der Waals surface area contributed by atoms with Crippen LogP contribution in [-0.2, 0) is 0 Å². The van der Waals surface area contributed by atoms with E-state index in [2.05, 4.69) is 26.3 Å². The van der Waals surface area contributed by atoms with Crippen LogP contribution >= 0.6 is 11.6 Å². The fourth-order valence-corrected chi connectivity index (χ4v) is 3.53. The van der Waals surface area contributed by atoms with Crippen LogP contribution in [0.25, 0.3) is 11.1 Å². The zero-order valence-electron chi connectivity index (χ0n) is 15.3. The molecule has 1 atom stereocenters. The average molecular weight is 383 g/mol. The lowest BCUT2D eigenvalue weighted by atomic mass is 10.1. The third-order valence-electron chi connectivity index (χ3n) is 4.98. The van der Waals surface area contributed by atoms with Gasteiger partial charge in [0.2, 0.25) is 0 Å². The van der Waals surface area contributed by atoms with Gasteiger partial charge in [-0.2, -0.15) is 5.10 Å². The maximum Gasteiger partial charge on any atom is 0.139 e. The number of piperidine rings is 1. The van der Waals surface area contributed by atoms with Crippen LogP contribution < -0.4 is 10.1 Å². The topological polar surface area (TPSA) is 52.0 Å². The molecule has 1 aliphatic rings. The summed E-state index contributed by atoms with van der Waals surface area (Å²) in [6.07, 6.45) is 9.75. The van der Waals surface area contributed by atoms with E-state index in [1.54, 1.807) is 6.20 Å². The van der Waals surface area contributed by atoms with E-state index >= 15 is 0 Å². The van der Waals surface area contributed by atoms with E-state index in [1.807, 2.05) is 49.6 Å². The first-order chi connectivity index (χ1) is 13.2. The van der Waals surface area contributed by atoms with E-state index in [0.29, 0.717) is 6.04 Å². The number of halogens is 1. The number of aromatic nitrogens is 3. The maximum atomic E-state index is 6.08. The summed E-state index contributed by atoms with van der Waals surface area (Å²) < 4.78 is 8.17. The number of benzene rings is 1. The van der Waals surface area contributed by atoms with Crippen LogP contribution in [0.15, 0.2) is 55.1 Å². The number of nitrogens with zero attached hydrogens (tertiary/aromatic N) is 3. The van der Waals surface area contributed by atoms with Crippen LogP contribution in [-0.4, -0.2) is 27.9 Å². The highest BCUT2D eigenvalue weighted by Crippen LogP contribution is 2.28. The maximum absolute atomic E-state index is 6.08. The number of ether oxygens (including phenoxy) is 1. The lowest BCUT2D eigenvalue weighted by Crippen LogP contribution is -2.29. The monoisotopic (exact) mass is 382 g/mol. The first kappa shape index (κ1) is 18.0. The first-order valence-electron chi connectivity index (χ1n) is 9.31. The van der Waals surface area contributed by atoms with E-state index < -0.39 is 0 Å². The number of hydrogen-bond donors (Lipinski definition) is 1. The van der Waals surface area contributed by atoms with Crippen molar-refractivity contribution in [1.29, 1.82) is 0 Å². The number of hydrogen-bond acceptors (Lipinski definition) is 4. The molecule has 4 rings (SSSR count). The second-order valence-electron chi connectivity index (χ2n) is 6.91. The summed E-state index contributed by atoms with van der Waals surface area (Å²) in [7, 11) is 0. The first-order valence-corrected chi connectivity index (χ1v) is 9.69. The molecule has 0 amide bonds. The molecule has 0 radical (unpaired) electrons. The molecule has 2 aromatic heterocycles. The zero-order valence-corrected chi connectivity index (χ0v) is 16.1. The predicted octanol–water partition coefficient (Wildman–Crippen LogP) is 4.66. The fraction of sp³-hybridized carbons (Fsp3) is 0.333. The van der Waals surface area contributed by atoms with E-state index in [4.69, 9.17) is 16.3 Å². The normalized spacial score (nSPS) is 16.2. The van der Waals surface area contributed by atoms with E-state index in [0.717, 1.165) is 53.4 Å². The molecule has 3 heterocycles. The second kappa shape index (κ2) is 8.11. The molecule has 1 N–H and O–H groups in total. The molecular formula is C21H23ClN4O. The number of pyridine rings is 1. The van der Waals surface area contributed by atoms with Crippen LogP contribution in [0.4, 0.5) is 0 Å². The van der Waals surface area contributed by atoms with Crippen molar-refractivity contribution in [3.05, 3.63) is 65.7 Å². The molecule has 0 unspecified atom stereocenters. The standard InChI is InChI=1S/C21H23ClN4O/c1-15(16-2-4-19(22)5-3-16)27-21-10-17(11-24-13-21)18-12-25-26(14-18)20-6-8-23-9-7-20/h2-5,10-15,20,23H,6-9H2,1H3/t15-/m1/s1. The molecule has 5 nitrogen and oxygen atoms in total. The summed E-state index contributed by atoms with van der Waals surface area (Å²) in [5.41, 5.74) is 3.14. The molecule has 27 heavy (non-hydrogen) atoms. The van der Waals surface area contributed by atoms with Crippen molar-refractivity contribution < 1.29 is 4.74 Å². The third kappa shape index (κ3) is 4.31. The van der Waals surface area contributed by atoms with Crippen molar-refractivity contribution in [2.45, 2.75) is 31.9 Å². The molecule has 0 saturated carbocycles. The predicted molar refractivity (Wildman–Crippen MR) is 107 cm³/mol. The van der Waals surface area contributed by atoms with Crippen molar-refractivity contribution in [3.8, 4) is 16.9 Å². The van der Waals surface area contributed by atoms with Crippen molar-refractivity contribution in [1.82, 2.24) is 20.1 Å². The Bertz CT molecular complexity index is 887. The Morgan fingerprint density at radius 2 is 1.89 bits per heavy atom. The summed E-state index contributed by atoms with van der Waals surface area (Å²) in [5, 5.41) is 8.68. The molecule has 1 aromatic carbocycles. The highest BCUT2D eigenvalue weighted by atomic mass is 35.5. The van der Waals surface area contributed by atoms with Crippen molar-refractivity contribution in [2.75, 3.05) is 13.1 Å². The molecule has 1 aliphatic heterocycles. The van der Waals surface area contributed by atoms with Gasteiger partial charge in [-0.05, 0) is 56.6 Å². The Kier molecular flexibility index (Phi) is 5.41. The van der Waals surface area contributed by atoms with Gasteiger partial charge in [0, 0.05) is 28.5 Å². The summed E-state index contributed by atoms with van der Waals surface area (Å²) >= 11 is 5.96. The van der Waals surface area contributed by atoms with Crippen LogP contribution in [0.2, 0.25) is 5.02 Å². The molecule has 0 spiro atoms. The SMILES string of the molecule is C[C@@H](Oc1cncc(-c2cnn(C3CCNCC3)c2)c1)c1ccc(Cl)cc1. The van der Waals surface area contributed by atoms with Crippen molar-refractivity contribution in [3.63, 3.8) is 0 Å². The lowest BCUT2D eigenvalue weighted by Gasteiger charge is -2.22. The molecule has 3 aromatic rings. The van der Waals surface area contributed by atoms with Crippen molar-refractivity contribution in [2.24, 2.45) is 0 Å². The molecule has 0 aliphatic carbocycles. The van der Waals surface area contributed by atoms with Gasteiger partial charge in [0.1, 0.15) is 11.9 Å². The van der Waals surface area contributed by atoms with Gasteiger partial charge in [0.05, 0.1) is 18.4 Å². The summed E-state index contributed by atoms with van der Waals surface area (Å²) in [6, 6.07) is 10.2. The van der Waals surface area contributed by atoms with Crippen LogP contribution in [0.1, 0.15) is 37.5 Å². The largest absolute Gasteiger partial charge is 0.484 e. The van der Waals surface area contributed by atoms with E-state index in [9.17, 15) is 0 Å². The minimum Gasteiger partial charge on any atom is -0.484 e. The Labute approximate surface area is 164 Å². The average Bonchev–Trinajstić information content (AvgIpc) is 3.20. The van der Waals surface area contributed by atoms with Gasteiger partial charge < -0.3 is 10.1 Å². The number of rotatable bonds is 5. The molecule has 0 bridgehead atoms. The van der Waals surface area contributed by atoms with Gasteiger partial charge >= 0.3 is 0 Å². The molecule has 6 heteroatoms. The van der Waals surface area contributed by atoms with Gasteiger partial charge in [0.15, 0.2) is 0 Å². The minimum atomic E-state index is -0.0863. The highest BCUT2D eigenvalue weighted by molar-refractivity contribution is 6.30. The van der Waals surface area contributed by atoms with Gasteiger partial charge in [-0.1, -0.05) is 23.7 Å². The highest BCUT2D eigenvalue weighted by Gasteiger charge is 2.16. The Balaban J connectivity index is 1.49. The summed E-state index contributed by atoms with van der Waals surface area (Å²) in [5.74, 6) is 0.740. The van der Waals surface area contributed by atoms with Crippen LogP contribution in [0, 0.1) is 0 Å². The Hall–Kier alpha value is -2.37.